The number of amides is 4. The van der Waals surface area contributed by atoms with E-state index >= 15 is 0 Å². The number of allylic oxidation sites excluding steroid dienone is 2. The normalized spacial score (nSPS) is 23.5. The molecule has 298 valence electrons. The summed E-state index contributed by atoms with van der Waals surface area (Å²) in [6, 6.07) is 13.1. The predicted molar refractivity (Wildman–Crippen MR) is 219 cm³/mol. The molecule has 3 aromatic rings. The van der Waals surface area contributed by atoms with E-state index < -0.39 is 23.4 Å². The summed E-state index contributed by atoms with van der Waals surface area (Å²) in [5.41, 5.74) is 5.59. The Labute approximate surface area is 336 Å². The van der Waals surface area contributed by atoms with Crippen LogP contribution in [-0.4, -0.2) is 74.3 Å². The number of amidine groups is 1. The molecule has 14 heteroatoms. The van der Waals surface area contributed by atoms with Gasteiger partial charge in [0.2, 0.25) is 23.6 Å². The van der Waals surface area contributed by atoms with Gasteiger partial charge in [0.25, 0.3) is 0 Å². The molecule has 0 spiro atoms. The monoisotopic (exact) mass is 790 g/mol. The van der Waals surface area contributed by atoms with Crippen LogP contribution < -0.4 is 21.3 Å². The van der Waals surface area contributed by atoms with Crippen molar-refractivity contribution in [2.45, 2.75) is 96.8 Å². The van der Waals surface area contributed by atoms with Crippen molar-refractivity contribution < 1.29 is 24.3 Å². The molecule has 2 aromatic carbocycles. The van der Waals surface area contributed by atoms with E-state index in [1.165, 1.54) is 6.07 Å². The van der Waals surface area contributed by atoms with Gasteiger partial charge in [-0.3, -0.25) is 24.6 Å². The molecule has 7 N–H and O–H groups in total. The second-order valence-electron chi connectivity index (χ2n) is 17.0. The van der Waals surface area contributed by atoms with Gasteiger partial charge in [0.05, 0.1) is 21.8 Å². The molecule has 2 atom stereocenters. The summed E-state index contributed by atoms with van der Waals surface area (Å²) < 4.78 is 0. The summed E-state index contributed by atoms with van der Waals surface area (Å²) in [7, 11) is 0. The highest BCUT2D eigenvalue weighted by molar-refractivity contribution is 7.13. The highest BCUT2D eigenvalue weighted by Crippen LogP contribution is 2.70. The Morgan fingerprint density at radius 2 is 1.77 bits per heavy atom. The minimum absolute atomic E-state index is 0.00686. The van der Waals surface area contributed by atoms with Gasteiger partial charge in [-0.1, -0.05) is 57.2 Å². The Balaban J connectivity index is 0.876. The molecule has 3 aliphatic carbocycles. The predicted octanol–water partition coefficient (Wildman–Crippen LogP) is 5.24. The smallest absolute Gasteiger partial charge is 0.246 e. The van der Waals surface area contributed by atoms with Gasteiger partial charge in [0, 0.05) is 53.7 Å². The summed E-state index contributed by atoms with van der Waals surface area (Å²) in [6.45, 7) is 8.34. The average molecular weight is 791 g/mol. The van der Waals surface area contributed by atoms with E-state index in [1.54, 1.807) is 40.5 Å². The number of aromatic hydroxyl groups is 1. The number of hydrogen-bond donors (Lipinski definition) is 7. The highest BCUT2D eigenvalue weighted by Gasteiger charge is 2.70. The number of para-hydroxylation sites is 1. The van der Waals surface area contributed by atoms with Crippen LogP contribution in [0.25, 0.3) is 10.4 Å². The van der Waals surface area contributed by atoms with Crippen molar-refractivity contribution in [2.24, 2.45) is 10.8 Å². The number of aryl methyl sites for hydroxylation is 1. The third-order valence-corrected chi connectivity index (χ3v) is 12.6. The summed E-state index contributed by atoms with van der Waals surface area (Å²) in [5, 5.41) is 39.1. The van der Waals surface area contributed by atoms with Crippen LogP contribution in [0.1, 0.15) is 82.5 Å². The number of phenolic OH excluding ortho intramolecular Hbond substituents is 1. The Morgan fingerprint density at radius 1 is 1.07 bits per heavy atom. The highest BCUT2D eigenvalue weighted by atomic mass is 32.1. The molecule has 1 aromatic heterocycles. The lowest BCUT2D eigenvalue weighted by Crippen LogP contribution is -2.75. The van der Waals surface area contributed by atoms with Crippen LogP contribution in [0.15, 0.2) is 77.5 Å². The van der Waals surface area contributed by atoms with Gasteiger partial charge < -0.3 is 36.7 Å². The van der Waals surface area contributed by atoms with Crippen LogP contribution in [0.2, 0.25) is 0 Å². The number of likely N-dealkylation sites (tertiary alicyclic amines) is 1. The number of phenols is 1. The summed E-state index contributed by atoms with van der Waals surface area (Å²) >= 11 is 1.59. The van der Waals surface area contributed by atoms with Crippen molar-refractivity contribution in [1.29, 1.82) is 10.8 Å². The molecule has 1 saturated heterocycles. The molecule has 2 bridgehead atoms. The van der Waals surface area contributed by atoms with Gasteiger partial charge in [-0.05, 0) is 79.9 Å². The maximum absolute atomic E-state index is 14.0. The number of nitrogens with zero attached hydrogens (tertiary/aromatic N) is 2. The molecular formula is C43H50N8O5S. The third-order valence-electron chi connectivity index (χ3n) is 11.6. The number of benzene rings is 2. The SMILES string of the molecule is Cc1ncsc1-c1ccc(CNC(=O)[C@@H]2CCCN2C(=O)[C@@H](NC(=O)CCC(=O)NC23CC(C4=C/C(=C/C(=N)c5ccccc5O)C(=N)N4)(C2)C3)C(C)(C)C)cc1. The fourth-order valence-corrected chi connectivity index (χ4v) is 9.42. The Hall–Kier alpha value is -5.63. The first-order chi connectivity index (χ1) is 27.1. The maximum Gasteiger partial charge on any atom is 0.246 e. The number of carbonyl (C=O) groups excluding carboxylic acids is 4. The number of hydrogen-bond acceptors (Lipinski definition) is 9. The zero-order valence-corrected chi connectivity index (χ0v) is 33.6. The molecular weight excluding hydrogens is 741 g/mol. The van der Waals surface area contributed by atoms with E-state index in [1.807, 2.05) is 63.5 Å². The first kappa shape index (κ1) is 39.6. The van der Waals surface area contributed by atoms with Crippen molar-refractivity contribution >= 4 is 46.5 Å². The molecule has 4 amide bonds. The lowest BCUT2D eigenvalue weighted by atomic mass is 9.38. The summed E-state index contributed by atoms with van der Waals surface area (Å²) in [6.07, 6.45) is 6.67. The van der Waals surface area contributed by atoms with E-state index in [9.17, 15) is 24.3 Å². The third kappa shape index (κ3) is 8.13. The Morgan fingerprint density at radius 3 is 2.44 bits per heavy atom. The molecule has 57 heavy (non-hydrogen) atoms. The fourth-order valence-electron chi connectivity index (χ4n) is 8.61. The number of aromatic nitrogens is 1. The lowest BCUT2D eigenvalue weighted by Gasteiger charge is -2.71. The van der Waals surface area contributed by atoms with Crippen LogP contribution in [0.4, 0.5) is 0 Å². The number of nitrogens with one attached hydrogen (secondary N) is 6. The molecule has 13 nitrogen and oxygen atoms in total. The number of rotatable bonds is 13. The van der Waals surface area contributed by atoms with Crippen molar-refractivity contribution in [3.05, 3.63) is 94.3 Å². The van der Waals surface area contributed by atoms with Crippen molar-refractivity contribution in [3.63, 3.8) is 0 Å². The van der Waals surface area contributed by atoms with Crippen molar-refractivity contribution in [3.8, 4) is 16.2 Å². The van der Waals surface area contributed by atoms with Crippen LogP contribution in [0, 0.1) is 28.6 Å². The molecule has 8 rings (SSSR count). The first-order valence-corrected chi connectivity index (χ1v) is 20.3. The summed E-state index contributed by atoms with van der Waals surface area (Å²) in [5.74, 6) is -0.981. The zero-order valence-electron chi connectivity index (χ0n) is 32.8. The topological polar surface area (TPSA) is 200 Å². The Kier molecular flexibility index (Phi) is 10.7. The molecule has 3 heterocycles. The van der Waals surface area contributed by atoms with E-state index in [0.717, 1.165) is 27.4 Å². The minimum Gasteiger partial charge on any atom is -0.507 e. The van der Waals surface area contributed by atoms with Gasteiger partial charge in [-0.25, -0.2) is 4.98 Å². The van der Waals surface area contributed by atoms with Gasteiger partial charge >= 0.3 is 0 Å². The van der Waals surface area contributed by atoms with E-state index in [-0.39, 0.29) is 58.8 Å². The minimum atomic E-state index is -0.881. The number of carbonyl (C=O) groups is 4. The van der Waals surface area contributed by atoms with E-state index in [0.29, 0.717) is 56.3 Å². The molecule has 5 aliphatic rings. The van der Waals surface area contributed by atoms with Gasteiger partial charge in [-0.15, -0.1) is 11.3 Å². The standard InChI is InChI=1S/C43H50N8O5S/c1-25-36(57-24-47-25)27-13-11-26(12-14-27)20-46-39(55)31-9-7-17-51(31)40(56)37(41(2,3)4)49-34(53)15-16-35(54)50-43-21-42(22-43,23-43)33-19-28(38(45)48-33)18-30(44)29-8-5-6-10-32(29)52/h5-6,8,10-14,18-19,24,31,37,44,52H,7,9,15-17,20-23H2,1-4H3,(H2,45,48)(H,46,55)(H,49,53)(H,50,54)/b28-18-,44-30?/t31-,37+,42?,43?/m0/s1. The van der Waals surface area contributed by atoms with Crippen LogP contribution >= 0.6 is 11.3 Å². The lowest BCUT2D eigenvalue weighted by molar-refractivity contribution is -0.151. The van der Waals surface area contributed by atoms with E-state index in [2.05, 4.69) is 26.3 Å². The molecule has 3 saturated carbocycles. The van der Waals surface area contributed by atoms with Gasteiger partial charge in [-0.2, -0.15) is 0 Å². The number of thiazole rings is 1. The second kappa shape index (κ2) is 15.4. The first-order valence-electron chi connectivity index (χ1n) is 19.4. The van der Waals surface area contributed by atoms with Crippen molar-refractivity contribution in [2.75, 3.05) is 6.54 Å². The zero-order chi connectivity index (χ0) is 40.7. The summed E-state index contributed by atoms with van der Waals surface area (Å²) in [4.78, 5) is 60.7. The van der Waals surface area contributed by atoms with Gasteiger partial charge in [0.15, 0.2) is 0 Å². The molecule has 4 fully saturated rings. The molecule has 0 unspecified atom stereocenters. The largest absolute Gasteiger partial charge is 0.507 e. The van der Waals surface area contributed by atoms with Crippen LogP contribution in [-0.2, 0) is 25.7 Å². The quantitative estimate of drug-likeness (QED) is 0.115. The molecule has 0 radical (unpaired) electrons. The van der Waals surface area contributed by atoms with Crippen LogP contribution in [0.3, 0.4) is 0 Å². The molecule has 2 aliphatic heterocycles. The second-order valence-corrected chi connectivity index (χ2v) is 17.8. The van der Waals surface area contributed by atoms with Crippen LogP contribution in [0.5, 0.6) is 5.75 Å². The maximum atomic E-state index is 14.0. The average Bonchev–Trinajstić information content (AvgIpc) is 3.89. The van der Waals surface area contributed by atoms with Gasteiger partial charge in [0.1, 0.15) is 23.7 Å². The van der Waals surface area contributed by atoms with E-state index in [4.69, 9.17) is 10.8 Å². The van der Waals surface area contributed by atoms with Crippen molar-refractivity contribution in [1.82, 2.24) is 31.2 Å². The fraction of sp³-hybridized carbons (Fsp3) is 0.419. The Bertz CT molecular complexity index is 2180.